The Hall–Kier alpha value is -1.83. The van der Waals surface area contributed by atoms with E-state index in [0.29, 0.717) is 25.2 Å². The Morgan fingerprint density at radius 3 is 2.58 bits per heavy atom. The Labute approximate surface area is 154 Å². The van der Waals surface area contributed by atoms with Gasteiger partial charge in [0.15, 0.2) is 0 Å². The monoisotopic (exact) mass is 377 g/mol. The Morgan fingerprint density at radius 1 is 1.00 bits per heavy atom. The van der Waals surface area contributed by atoms with Crippen molar-refractivity contribution < 1.29 is 12.8 Å². The molecule has 5 nitrogen and oxygen atoms in total. The van der Waals surface area contributed by atoms with Crippen LogP contribution in [0, 0.1) is 5.82 Å². The number of rotatable bonds is 6. The summed E-state index contributed by atoms with van der Waals surface area (Å²) >= 11 is 0. The zero-order chi connectivity index (χ0) is 18.4. The van der Waals surface area contributed by atoms with Crippen LogP contribution in [0.3, 0.4) is 0 Å². The highest BCUT2D eigenvalue weighted by Crippen LogP contribution is 2.15. The van der Waals surface area contributed by atoms with Gasteiger partial charge in [0.1, 0.15) is 5.82 Å². The van der Waals surface area contributed by atoms with Crippen LogP contribution in [0.25, 0.3) is 0 Å². The average molecular weight is 377 g/mol. The lowest BCUT2D eigenvalue weighted by molar-refractivity contribution is 0.290. The van der Waals surface area contributed by atoms with Gasteiger partial charge in [-0.15, -0.1) is 0 Å². The second-order valence-corrected chi connectivity index (χ2v) is 8.55. The van der Waals surface area contributed by atoms with Gasteiger partial charge in [-0.05, 0) is 54.8 Å². The quantitative estimate of drug-likeness (QED) is 0.775. The molecule has 2 heterocycles. The van der Waals surface area contributed by atoms with Crippen molar-refractivity contribution in [3.63, 3.8) is 0 Å². The fourth-order valence-corrected chi connectivity index (χ4v) is 4.76. The molecule has 1 fully saturated rings. The van der Waals surface area contributed by atoms with Gasteiger partial charge in [0.2, 0.25) is 10.0 Å². The van der Waals surface area contributed by atoms with Crippen molar-refractivity contribution in [3.05, 3.63) is 65.7 Å². The van der Waals surface area contributed by atoms with Crippen molar-refractivity contribution >= 4 is 10.0 Å². The van der Waals surface area contributed by atoms with Crippen LogP contribution in [0.5, 0.6) is 0 Å². The summed E-state index contributed by atoms with van der Waals surface area (Å²) in [7, 11) is -3.44. The van der Waals surface area contributed by atoms with Crippen LogP contribution in [-0.4, -0.2) is 55.3 Å². The summed E-state index contributed by atoms with van der Waals surface area (Å²) in [6.45, 7) is 3.50. The van der Waals surface area contributed by atoms with Crippen molar-refractivity contribution in [2.75, 3.05) is 32.7 Å². The van der Waals surface area contributed by atoms with Crippen LogP contribution in [0.4, 0.5) is 4.39 Å². The summed E-state index contributed by atoms with van der Waals surface area (Å²) in [5, 5.41) is 0. The summed E-state index contributed by atoms with van der Waals surface area (Å²) in [5.41, 5.74) is 1.73. The number of sulfonamides is 1. The maximum atomic E-state index is 13.3. The summed E-state index contributed by atoms with van der Waals surface area (Å²) in [6, 6.07) is 9.82. The summed E-state index contributed by atoms with van der Waals surface area (Å²) in [4.78, 5) is 6.33. The first kappa shape index (κ1) is 18.9. The Bertz CT molecular complexity index is 815. The molecule has 0 aliphatic carbocycles. The molecule has 0 radical (unpaired) electrons. The van der Waals surface area contributed by atoms with Gasteiger partial charge < -0.3 is 4.90 Å². The number of hydrogen-bond donors (Lipinski definition) is 0. The van der Waals surface area contributed by atoms with Crippen molar-refractivity contribution in [2.24, 2.45) is 0 Å². The second kappa shape index (κ2) is 8.70. The maximum Gasteiger partial charge on any atom is 0.218 e. The molecule has 26 heavy (non-hydrogen) atoms. The zero-order valence-corrected chi connectivity index (χ0v) is 15.5. The molecule has 7 heteroatoms. The first-order chi connectivity index (χ1) is 12.5. The lowest BCUT2D eigenvalue weighted by Gasteiger charge is -2.21. The van der Waals surface area contributed by atoms with Gasteiger partial charge >= 0.3 is 0 Å². The minimum absolute atomic E-state index is 0.151. The van der Waals surface area contributed by atoms with Gasteiger partial charge in [0.05, 0.1) is 5.75 Å². The van der Waals surface area contributed by atoms with Crippen molar-refractivity contribution in [2.45, 2.75) is 18.6 Å². The van der Waals surface area contributed by atoms with Crippen LogP contribution >= 0.6 is 0 Å². The maximum absolute atomic E-state index is 13.3. The molecule has 1 aliphatic rings. The van der Waals surface area contributed by atoms with Crippen LogP contribution in [0.15, 0.2) is 48.8 Å². The summed E-state index contributed by atoms with van der Waals surface area (Å²) in [6.07, 6.45) is 5.31. The molecule has 1 saturated heterocycles. The molecule has 1 aromatic carbocycles. The molecule has 1 aliphatic heterocycles. The topological polar surface area (TPSA) is 53.5 Å². The number of hydrogen-bond acceptors (Lipinski definition) is 4. The number of aromatic nitrogens is 1. The van der Waals surface area contributed by atoms with Gasteiger partial charge in [0, 0.05) is 38.6 Å². The Morgan fingerprint density at radius 2 is 1.81 bits per heavy atom. The van der Waals surface area contributed by atoms with E-state index in [0.717, 1.165) is 25.9 Å². The predicted molar refractivity (Wildman–Crippen MR) is 99.6 cm³/mol. The van der Waals surface area contributed by atoms with Gasteiger partial charge in [-0.3, -0.25) is 4.98 Å². The largest absolute Gasteiger partial charge is 0.302 e. The van der Waals surface area contributed by atoms with Crippen molar-refractivity contribution in [1.82, 2.24) is 14.2 Å². The van der Waals surface area contributed by atoms with E-state index in [4.69, 9.17) is 0 Å². The van der Waals surface area contributed by atoms with Gasteiger partial charge in [-0.2, -0.15) is 0 Å². The van der Waals surface area contributed by atoms with E-state index in [2.05, 4.69) is 9.88 Å². The van der Waals surface area contributed by atoms with E-state index >= 15 is 0 Å². The molecule has 0 bridgehead atoms. The SMILES string of the molecule is O=S(=O)(Cc1cccc(F)c1)N1CCCN(CCc2ccncc2)CC1. The molecule has 0 saturated carbocycles. The Balaban J connectivity index is 1.55. The van der Waals surface area contributed by atoms with Crippen LogP contribution in [0.1, 0.15) is 17.5 Å². The van der Waals surface area contributed by atoms with Gasteiger partial charge in [0.25, 0.3) is 0 Å². The lowest BCUT2D eigenvalue weighted by Crippen LogP contribution is -2.36. The number of benzene rings is 1. The summed E-state index contributed by atoms with van der Waals surface area (Å²) in [5.74, 6) is -0.558. The van der Waals surface area contributed by atoms with E-state index in [1.165, 1.54) is 17.7 Å². The highest BCUT2D eigenvalue weighted by Gasteiger charge is 2.25. The smallest absolute Gasteiger partial charge is 0.218 e. The number of halogens is 1. The molecule has 3 rings (SSSR count). The van der Waals surface area contributed by atoms with E-state index in [1.54, 1.807) is 28.8 Å². The van der Waals surface area contributed by atoms with Crippen LogP contribution in [0.2, 0.25) is 0 Å². The molecule has 0 spiro atoms. The van der Waals surface area contributed by atoms with Crippen LogP contribution < -0.4 is 0 Å². The third-order valence-electron chi connectivity index (χ3n) is 4.65. The molecular formula is C19H24FN3O2S. The third kappa shape index (κ3) is 5.33. The zero-order valence-electron chi connectivity index (χ0n) is 14.7. The van der Waals surface area contributed by atoms with Crippen molar-refractivity contribution in [3.8, 4) is 0 Å². The lowest BCUT2D eigenvalue weighted by atomic mass is 10.2. The van der Waals surface area contributed by atoms with Gasteiger partial charge in [-0.1, -0.05) is 12.1 Å². The van der Waals surface area contributed by atoms with E-state index in [-0.39, 0.29) is 5.75 Å². The second-order valence-electron chi connectivity index (χ2n) is 6.59. The third-order valence-corrected chi connectivity index (χ3v) is 6.50. The Kier molecular flexibility index (Phi) is 6.34. The normalized spacial score (nSPS) is 17.1. The highest BCUT2D eigenvalue weighted by molar-refractivity contribution is 7.88. The number of pyridine rings is 1. The standard InChI is InChI=1S/C19H24FN3O2S/c20-19-4-1-3-18(15-19)16-26(24,25)23-11-2-10-22(13-14-23)12-7-17-5-8-21-9-6-17/h1,3-6,8-9,15H,2,7,10-14,16H2. The average Bonchev–Trinajstić information content (AvgIpc) is 2.87. The highest BCUT2D eigenvalue weighted by atomic mass is 32.2. The molecular weight excluding hydrogens is 353 g/mol. The van der Waals surface area contributed by atoms with Crippen molar-refractivity contribution in [1.29, 1.82) is 0 Å². The van der Waals surface area contributed by atoms with Gasteiger partial charge in [-0.25, -0.2) is 17.1 Å². The van der Waals surface area contributed by atoms with E-state index in [1.807, 2.05) is 12.1 Å². The molecule has 2 aromatic rings. The molecule has 140 valence electrons. The van der Waals surface area contributed by atoms with E-state index < -0.39 is 15.8 Å². The fourth-order valence-electron chi connectivity index (χ4n) is 3.21. The molecule has 0 unspecified atom stereocenters. The minimum Gasteiger partial charge on any atom is -0.302 e. The minimum atomic E-state index is -3.44. The molecule has 0 N–H and O–H groups in total. The molecule has 0 amide bonds. The van der Waals surface area contributed by atoms with Crippen LogP contribution in [-0.2, 0) is 22.2 Å². The first-order valence-electron chi connectivity index (χ1n) is 8.86. The molecule has 1 aromatic heterocycles. The fraction of sp³-hybridized carbons (Fsp3) is 0.421. The molecule has 0 atom stereocenters. The van der Waals surface area contributed by atoms with E-state index in [9.17, 15) is 12.8 Å². The predicted octanol–water partition coefficient (Wildman–Crippen LogP) is 2.30. The first-order valence-corrected chi connectivity index (χ1v) is 10.5. The summed E-state index contributed by atoms with van der Waals surface area (Å²) < 4.78 is 40.2. The number of nitrogens with zero attached hydrogens (tertiary/aromatic N) is 3.